The maximum absolute atomic E-state index is 12.0. The number of fused-ring (bicyclic) bond motifs is 1. The summed E-state index contributed by atoms with van der Waals surface area (Å²) in [6.07, 6.45) is 1.75. The normalized spacial score (nSPS) is 16.7. The Bertz CT molecular complexity index is 659. The average molecular weight is 287 g/mol. The van der Waals surface area contributed by atoms with Crippen molar-refractivity contribution in [1.82, 2.24) is 14.9 Å². The quantitative estimate of drug-likeness (QED) is 0.851. The van der Waals surface area contributed by atoms with Crippen molar-refractivity contribution in [2.45, 2.75) is 19.8 Å². The Morgan fingerprint density at radius 2 is 2.19 bits per heavy atom. The first-order chi connectivity index (χ1) is 10.1. The molecular formula is C16H21N3O2. The molecule has 1 amide bonds. The number of para-hydroxylation sites is 2. The van der Waals surface area contributed by atoms with Crippen molar-refractivity contribution in [2.24, 2.45) is 12.5 Å². The fraction of sp³-hybridized carbons (Fsp3) is 0.500. The van der Waals surface area contributed by atoms with Gasteiger partial charge in [-0.1, -0.05) is 12.1 Å². The van der Waals surface area contributed by atoms with Gasteiger partial charge in [-0.25, -0.2) is 4.98 Å². The van der Waals surface area contributed by atoms with Crippen molar-refractivity contribution in [3.63, 3.8) is 0 Å². The largest absolute Gasteiger partial charge is 0.379 e. The SMILES string of the molecule is Cn1c(CCCNC(=O)C2(C)COC2)nc2ccccc21. The maximum Gasteiger partial charge on any atom is 0.230 e. The summed E-state index contributed by atoms with van der Waals surface area (Å²) < 4.78 is 7.23. The Labute approximate surface area is 124 Å². The van der Waals surface area contributed by atoms with Crippen molar-refractivity contribution in [3.05, 3.63) is 30.1 Å². The van der Waals surface area contributed by atoms with Crippen LogP contribution < -0.4 is 5.32 Å². The summed E-state index contributed by atoms with van der Waals surface area (Å²) in [5.74, 6) is 1.15. The molecule has 2 heterocycles. The molecule has 2 aromatic rings. The minimum absolute atomic E-state index is 0.0961. The van der Waals surface area contributed by atoms with E-state index in [0.29, 0.717) is 19.8 Å². The molecule has 1 aliphatic heterocycles. The van der Waals surface area contributed by atoms with Gasteiger partial charge in [0.2, 0.25) is 5.91 Å². The Kier molecular flexibility index (Phi) is 3.68. The van der Waals surface area contributed by atoms with Crippen molar-refractivity contribution in [1.29, 1.82) is 0 Å². The highest BCUT2D eigenvalue weighted by Gasteiger charge is 2.40. The summed E-state index contributed by atoms with van der Waals surface area (Å²) in [6, 6.07) is 8.12. The molecule has 0 aliphatic carbocycles. The zero-order valence-electron chi connectivity index (χ0n) is 12.6. The van der Waals surface area contributed by atoms with E-state index in [-0.39, 0.29) is 11.3 Å². The number of aromatic nitrogens is 2. The first-order valence-corrected chi connectivity index (χ1v) is 7.36. The highest BCUT2D eigenvalue weighted by Crippen LogP contribution is 2.26. The summed E-state index contributed by atoms with van der Waals surface area (Å²) in [7, 11) is 2.04. The van der Waals surface area contributed by atoms with Gasteiger partial charge in [-0.15, -0.1) is 0 Å². The fourth-order valence-corrected chi connectivity index (χ4v) is 2.62. The first-order valence-electron chi connectivity index (χ1n) is 7.36. The van der Waals surface area contributed by atoms with Crippen LogP contribution in [0.2, 0.25) is 0 Å². The molecule has 0 radical (unpaired) electrons. The van der Waals surface area contributed by atoms with Crippen LogP contribution in [0.4, 0.5) is 0 Å². The second-order valence-electron chi connectivity index (χ2n) is 5.99. The number of benzene rings is 1. The van der Waals surface area contributed by atoms with Gasteiger partial charge in [0.15, 0.2) is 0 Å². The second-order valence-corrected chi connectivity index (χ2v) is 5.99. The van der Waals surface area contributed by atoms with Crippen LogP contribution in [0.25, 0.3) is 11.0 Å². The number of aryl methyl sites for hydroxylation is 2. The van der Waals surface area contributed by atoms with Crippen molar-refractivity contribution in [2.75, 3.05) is 19.8 Å². The molecule has 21 heavy (non-hydrogen) atoms. The summed E-state index contributed by atoms with van der Waals surface area (Å²) in [6.45, 7) is 3.68. The smallest absolute Gasteiger partial charge is 0.230 e. The molecule has 112 valence electrons. The molecule has 1 aliphatic rings. The molecule has 5 heteroatoms. The number of carbonyl (C=O) groups is 1. The highest BCUT2D eigenvalue weighted by molar-refractivity contribution is 5.83. The topological polar surface area (TPSA) is 56.2 Å². The van der Waals surface area contributed by atoms with E-state index in [1.54, 1.807) is 0 Å². The zero-order valence-corrected chi connectivity index (χ0v) is 12.6. The summed E-state index contributed by atoms with van der Waals surface area (Å²) in [4.78, 5) is 16.6. The van der Waals surface area contributed by atoms with Gasteiger partial charge in [0.05, 0.1) is 29.7 Å². The molecule has 0 saturated carbocycles. The van der Waals surface area contributed by atoms with Crippen LogP contribution in [0, 0.1) is 5.41 Å². The molecule has 1 saturated heterocycles. The van der Waals surface area contributed by atoms with E-state index in [9.17, 15) is 4.79 Å². The number of nitrogens with zero attached hydrogens (tertiary/aromatic N) is 2. The minimum atomic E-state index is -0.322. The van der Waals surface area contributed by atoms with E-state index in [1.165, 1.54) is 0 Å². The lowest BCUT2D eigenvalue weighted by Crippen LogP contribution is -2.52. The Morgan fingerprint density at radius 3 is 2.86 bits per heavy atom. The summed E-state index contributed by atoms with van der Waals surface area (Å²) in [5.41, 5.74) is 1.85. The Morgan fingerprint density at radius 1 is 1.43 bits per heavy atom. The molecule has 1 N–H and O–H groups in total. The van der Waals surface area contributed by atoms with E-state index in [0.717, 1.165) is 29.7 Å². The maximum atomic E-state index is 12.0. The van der Waals surface area contributed by atoms with Crippen molar-refractivity contribution >= 4 is 16.9 Å². The molecule has 0 unspecified atom stereocenters. The minimum Gasteiger partial charge on any atom is -0.379 e. The molecule has 5 nitrogen and oxygen atoms in total. The number of rotatable bonds is 5. The number of carbonyl (C=O) groups excluding carboxylic acids is 1. The van der Waals surface area contributed by atoms with Gasteiger partial charge in [0.25, 0.3) is 0 Å². The number of ether oxygens (including phenoxy) is 1. The van der Waals surface area contributed by atoms with Crippen LogP contribution in [-0.4, -0.2) is 35.2 Å². The second kappa shape index (κ2) is 5.48. The number of imidazole rings is 1. The number of hydrogen-bond acceptors (Lipinski definition) is 3. The molecule has 0 bridgehead atoms. The molecular weight excluding hydrogens is 266 g/mol. The predicted molar refractivity (Wildman–Crippen MR) is 81.0 cm³/mol. The molecule has 1 aromatic carbocycles. The summed E-state index contributed by atoms with van der Waals surface area (Å²) >= 11 is 0. The van der Waals surface area contributed by atoms with E-state index in [4.69, 9.17) is 4.74 Å². The third-order valence-electron chi connectivity index (χ3n) is 4.13. The van der Waals surface area contributed by atoms with Crippen LogP contribution >= 0.6 is 0 Å². The van der Waals surface area contributed by atoms with Gasteiger partial charge in [-0.3, -0.25) is 4.79 Å². The van der Waals surface area contributed by atoms with Crippen LogP contribution in [-0.2, 0) is 23.0 Å². The van der Waals surface area contributed by atoms with Crippen LogP contribution in [0.5, 0.6) is 0 Å². The summed E-state index contributed by atoms with van der Waals surface area (Å²) in [5, 5.41) is 2.99. The van der Waals surface area contributed by atoms with Crippen LogP contribution in [0.3, 0.4) is 0 Å². The highest BCUT2D eigenvalue weighted by atomic mass is 16.5. The fourth-order valence-electron chi connectivity index (χ4n) is 2.62. The van der Waals surface area contributed by atoms with E-state index < -0.39 is 0 Å². The Hall–Kier alpha value is -1.88. The Balaban J connectivity index is 1.53. The van der Waals surface area contributed by atoms with Crippen molar-refractivity contribution in [3.8, 4) is 0 Å². The molecule has 0 atom stereocenters. The lowest BCUT2D eigenvalue weighted by Gasteiger charge is -2.36. The van der Waals surface area contributed by atoms with Gasteiger partial charge in [0.1, 0.15) is 5.82 Å². The third kappa shape index (κ3) is 2.65. The number of amides is 1. The third-order valence-corrected chi connectivity index (χ3v) is 4.13. The van der Waals surface area contributed by atoms with Crippen LogP contribution in [0.1, 0.15) is 19.2 Å². The van der Waals surface area contributed by atoms with Gasteiger partial charge in [-0.2, -0.15) is 0 Å². The molecule has 3 rings (SSSR count). The van der Waals surface area contributed by atoms with Crippen molar-refractivity contribution < 1.29 is 9.53 Å². The predicted octanol–water partition coefficient (Wildman–Crippen LogP) is 1.66. The lowest BCUT2D eigenvalue weighted by atomic mass is 9.87. The van der Waals surface area contributed by atoms with Gasteiger partial charge in [0, 0.05) is 20.0 Å². The van der Waals surface area contributed by atoms with Gasteiger partial charge in [-0.05, 0) is 25.5 Å². The van der Waals surface area contributed by atoms with Crippen LogP contribution in [0.15, 0.2) is 24.3 Å². The first kappa shape index (κ1) is 14.1. The molecule has 0 spiro atoms. The average Bonchev–Trinajstić information content (AvgIpc) is 2.78. The zero-order chi connectivity index (χ0) is 14.9. The number of hydrogen-bond donors (Lipinski definition) is 1. The van der Waals surface area contributed by atoms with E-state index in [2.05, 4.69) is 20.9 Å². The number of nitrogens with one attached hydrogen (secondary N) is 1. The van der Waals surface area contributed by atoms with E-state index in [1.807, 2.05) is 32.2 Å². The van der Waals surface area contributed by atoms with Gasteiger partial charge >= 0.3 is 0 Å². The standard InChI is InChI=1S/C16H21N3O2/c1-16(10-21-11-16)15(20)17-9-5-8-14-18-12-6-3-4-7-13(12)19(14)2/h3-4,6-7H,5,8-11H2,1-2H3,(H,17,20). The molecule has 1 aromatic heterocycles. The molecule has 1 fully saturated rings. The van der Waals surface area contributed by atoms with Gasteiger partial charge < -0.3 is 14.6 Å². The monoisotopic (exact) mass is 287 g/mol. The van der Waals surface area contributed by atoms with E-state index >= 15 is 0 Å². The lowest BCUT2D eigenvalue weighted by molar-refractivity contribution is -0.157.